The Kier molecular flexibility index (Phi) is 1.44. The SMILES string of the molecule is O=C1C=C(CO)CC1. The maximum atomic E-state index is 10.4. The molecule has 0 aromatic carbocycles. The van der Waals surface area contributed by atoms with Crippen molar-refractivity contribution in [2.45, 2.75) is 12.8 Å². The molecule has 0 unspecified atom stereocenters. The van der Waals surface area contributed by atoms with Gasteiger partial charge in [-0.05, 0) is 18.1 Å². The lowest BCUT2D eigenvalue weighted by atomic mass is 10.2. The molecule has 0 atom stereocenters. The topological polar surface area (TPSA) is 37.3 Å². The lowest BCUT2D eigenvalue weighted by Crippen LogP contribution is -1.82. The van der Waals surface area contributed by atoms with Gasteiger partial charge in [0.15, 0.2) is 5.78 Å². The Labute approximate surface area is 47.8 Å². The molecular formula is C6H8O2. The molecular weight excluding hydrogens is 104 g/mol. The van der Waals surface area contributed by atoms with Crippen LogP contribution in [0.3, 0.4) is 0 Å². The standard InChI is InChI=1S/C6H8O2/c7-4-5-1-2-6(8)3-5/h3,7H,1-2,4H2. The summed E-state index contributed by atoms with van der Waals surface area (Å²) in [6.45, 7) is 0.0474. The summed E-state index contributed by atoms with van der Waals surface area (Å²) < 4.78 is 0. The van der Waals surface area contributed by atoms with Crippen LogP contribution in [-0.4, -0.2) is 17.5 Å². The molecule has 0 aromatic heterocycles. The summed E-state index contributed by atoms with van der Waals surface area (Å²) in [5, 5.41) is 8.46. The van der Waals surface area contributed by atoms with Crippen LogP contribution < -0.4 is 0 Å². The molecule has 0 radical (unpaired) electrons. The van der Waals surface area contributed by atoms with E-state index < -0.39 is 0 Å². The number of aliphatic hydroxyl groups excluding tert-OH is 1. The second kappa shape index (κ2) is 2.09. The van der Waals surface area contributed by atoms with Crippen molar-refractivity contribution >= 4 is 5.78 Å². The number of rotatable bonds is 1. The summed E-state index contributed by atoms with van der Waals surface area (Å²) in [4.78, 5) is 10.4. The molecule has 2 nitrogen and oxygen atoms in total. The fraction of sp³-hybridized carbons (Fsp3) is 0.500. The number of carbonyl (C=O) groups excluding carboxylic acids is 1. The molecule has 0 spiro atoms. The maximum Gasteiger partial charge on any atom is 0.156 e. The van der Waals surface area contributed by atoms with E-state index >= 15 is 0 Å². The van der Waals surface area contributed by atoms with Crippen molar-refractivity contribution in [1.82, 2.24) is 0 Å². The summed E-state index contributed by atoms with van der Waals surface area (Å²) >= 11 is 0. The molecule has 0 saturated heterocycles. The van der Waals surface area contributed by atoms with E-state index in [-0.39, 0.29) is 12.4 Å². The van der Waals surface area contributed by atoms with Gasteiger partial charge in [-0.3, -0.25) is 4.79 Å². The van der Waals surface area contributed by atoms with E-state index in [0.29, 0.717) is 6.42 Å². The van der Waals surface area contributed by atoms with E-state index in [1.807, 2.05) is 0 Å². The zero-order valence-electron chi connectivity index (χ0n) is 4.55. The van der Waals surface area contributed by atoms with Gasteiger partial charge in [-0.2, -0.15) is 0 Å². The number of hydrogen-bond acceptors (Lipinski definition) is 2. The van der Waals surface area contributed by atoms with Crippen molar-refractivity contribution < 1.29 is 9.90 Å². The van der Waals surface area contributed by atoms with Crippen LogP contribution in [0.25, 0.3) is 0 Å². The largest absolute Gasteiger partial charge is 0.392 e. The van der Waals surface area contributed by atoms with Crippen molar-refractivity contribution in [3.63, 3.8) is 0 Å². The van der Waals surface area contributed by atoms with Crippen LogP contribution in [0.1, 0.15) is 12.8 Å². The summed E-state index contributed by atoms with van der Waals surface area (Å²) in [7, 11) is 0. The minimum absolute atomic E-state index is 0.0474. The first-order chi connectivity index (χ1) is 3.83. The van der Waals surface area contributed by atoms with Crippen LogP contribution in [-0.2, 0) is 4.79 Å². The average molecular weight is 112 g/mol. The Morgan fingerprint density at radius 1 is 1.62 bits per heavy atom. The molecule has 0 saturated carbocycles. The van der Waals surface area contributed by atoms with Crippen LogP contribution in [0, 0.1) is 0 Å². The zero-order chi connectivity index (χ0) is 5.98. The Bertz CT molecular complexity index is 135. The highest BCUT2D eigenvalue weighted by molar-refractivity contribution is 5.92. The third-order valence-corrected chi connectivity index (χ3v) is 1.26. The quantitative estimate of drug-likeness (QED) is 0.528. The van der Waals surface area contributed by atoms with E-state index in [0.717, 1.165) is 12.0 Å². The van der Waals surface area contributed by atoms with Gasteiger partial charge in [0.05, 0.1) is 6.61 Å². The maximum absolute atomic E-state index is 10.4. The molecule has 0 heterocycles. The number of aliphatic hydroxyl groups is 1. The molecule has 0 amide bonds. The van der Waals surface area contributed by atoms with E-state index in [1.165, 1.54) is 6.08 Å². The molecule has 2 heteroatoms. The van der Waals surface area contributed by atoms with Crippen LogP contribution in [0.15, 0.2) is 11.6 Å². The molecule has 8 heavy (non-hydrogen) atoms. The van der Waals surface area contributed by atoms with Crippen LogP contribution >= 0.6 is 0 Å². The van der Waals surface area contributed by atoms with Gasteiger partial charge >= 0.3 is 0 Å². The molecule has 1 rings (SSSR count). The normalized spacial score (nSPS) is 19.1. The first-order valence-corrected chi connectivity index (χ1v) is 2.66. The predicted molar refractivity (Wildman–Crippen MR) is 29.4 cm³/mol. The first-order valence-electron chi connectivity index (χ1n) is 2.66. The van der Waals surface area contributed by atoms with Crippen LogP contribution in [0.4, 0.5) is 0 Å². The number of carbonyl (C=O) groups is 1. The summed E-state index contributed by atoms with van der Waals surface area (Å²) in [6, 6.07) is 0. The second-order valence-corrected chi connectivity index (χ2v) is 1.93. The Morgan fingerprint density at radius 3 is 2.62 bits per heavy atom. The predicted octanol–water partition coefficient (Wildman–Crippen LogP) is 0.268. The van der Waals surface area contributed by atoms with Crippen molar-refractivity contribution in [3.8, 4) is 0 Å². The van der Waals surface area contributed by atoms with E-state index in [9.17, 15) is 4.79 Å². The van der Waals surface area contributed by atoms with Gasteiger partial charge in [-0.15, -0.1) is 0 Å². The Morgan fingerprint density at radius 2 is 2.38 bits per heavy atom. The third-order valence-electron chi connectivity index (χ3n) is 1.26. The van der Waals surface area contributed by atoms with Gasteiger partial charge in [-0.25, -0.2) is 0 Å². The lowest BCUT2D eigenvalue weighted by Gasteiger charge is -1.87. The van der Waals surface area contributed by atoms with E-state index in [4.69, 9.17) is 5.11 Å². The first kappa shape index (κ1) is 5.51. The molecule has 0 aromatic rings. The number of ketones is 1. The third kappa shape index (κ3) is 0.954. The minimum Gasteiger partial charge on any atom is -0.392 e. The second-order valence-electron chi connectivity index (χ2n) is 1.93. The molecule has 0 fully saturated rings. The van der Waals surface area contributed by atoms with Gasteiger partial charge in [0.2, 0.25) is 0 Å². The van der Waals surface area contributed by atoms with Gasteiger partial charge in [0, 0.05) is 6.42 Å². The minimum atomic E-state index is 0.0474. The summed E-state index contributed by atoms with van der Waals surface area (Å²) in [6.07, 6.45) is 2.88. The molecule has 1 aliphatic carbocycles. The Hall–Kier alpha value is -0.630. The van der Waals surface area contributed by atoms with Gasteiger partial charge in [-0.1, -0.05) is 0 Å². The molecule has 0 bridgehead atoms. The molecule has 44 valence electrons. The average Bonchev–Trinajstić information content (AvgIpc) is 2.14. The van der Waals surface area contributed by atoms with Crippen molar-refractivity contribution in [2.24, 2.45) is 0 Å². The van der Waals surface area contributed by atoms with Crippen LogP contribution in [0.5, 0.6) is 0 Å². The van der Waals surface area contributed by atoms with E-state index in [2.05, 4.69) is 0 Å². The highest BCUT2D eigenvalue weighted by Gasteiger charge is 2.09. The molecule has 0 aliphatic heterocycles. The summed E-state index contributed by atoms with van der Waals surface area (Å²) in [5.41, 5.74) is 0.870. The Balaban J connectivity index is 2.57. The van der Waals surface area contributed by atoms with Crippen molar-refractivity contribution in [3.05, 3.63) is 11.6 Å². The monoisotopic (exact) mass is 112 g/mol. The van der Waals surface area contributed by atoms with Crippen molar-refractivity contribution in [1.29, 1.82) is 0 Å². The molecule has 1 aliphatic rings. The molecule has 1 N–H and O–H groups in total. The lowest BCUT2D eigenvalue weighted by molar-refractivity contribution is -0.114. The van der Waals surface area contributed by atoms with Gasteiger partial charge in [0.1, 0.15) is 0 Å². The van der Waals surface area contributed by atoms with Crippen LogP contribution in [0.2, 0.25) is 0 Å². The highest BCUT2D eigenvalue weighted by Crippen LogP contribution is 2.12. The number of allylic oxidation sites excluding steroid dienone is 1. The number of hydrogen-bond donors (Lipinski definition) is 1. The highest BCUT2D eigenvalue weighted by atomic mass is 16.3. The fourth-order valence-corrected chi connectivity index (χ4v) is 0.780. The smallest absolute Gasteiger partial charge is 0.156 e. The fourth-order valence-electron chi connectivity index (χ4n) is 0.780. The van der Waals surface area contributed by atoms with Crippen molar-refractivity contribution in [2.75, 3.05) is 6.61 Å². The van der Waals surface area contributed by atoms with E-state index in [1.54, 1.807) is 0 Å². The van der Waals surface area contributed by atoms with Gasteiger partial charge < -0.3 is 5.11 Å². The zero-order valence-corrected chi connectivity index (χ0v) is 4.55. The summed E-state index contributed by atoms with van der Waals surface area (Å²) in [5.74, 6) is 0.147. The van der Waals surface area contributed by atoms with Gasteiger partial charge in [0.25, 0.3) is 0 Å².